The number of sulfonamides is 1. The largest absolute Gasteiger partial charge is 0.391 e. The summed E-state index contributed by atoms with van der Waals surface area (Å²) in [5.74, 6) is 0.932. The van der Waals surface area contributed by atoms with Crippen molar-refractivity contribution in [1.82, 2.24) is 19.2 Å². The van der Waals surface area contributed by atoms with E-state index in [-0.39, 0.29) is 23.5 Å². The topological polar surface area (TPSA) is 108 Å². The van der Waals surface area contributed by atoms with Gasteiger partial charge in [-0.05, 0) is 44.2 Å². The summed E-state index contributed by atoms with van der Waals surface area (Å²) < 4.78 is 29.7. The highest BCUT2D eigenvalue weighted by Crippen LogP contribution is 2.28. The Morgan fingerprint density at radius 2 is 1.97 bits per heavy atom. The zero-order chi connectivity index (χ0) is 23.8. The lowest BCUT2D eigenvalue weighted by Crippen LogP contribution is -2.38. The van der Waals surface area contributed by atoms with Crippen LogP contribution in [0.4, 0.5) is 5.82 Å². The van der Waals surface area contributed by atoms with Crippen molar-refractivity contribution < 1.29 is 18.3 Å². The van der Waals surface area contributed by atoms with Gasteiger partial charge in [0.05, 0.1) is 6.10 Å². The molecule has 1 unspecified atom stereocenters. The number of aliphatic hydroxyl groups excluding tert-OH is 1. The van der Waals surface area contributed by atoms with Gasteiger partial charge in [-0.3, -0.25) is 4.79 Å². The van der Waals surface area contributed by atoms with Crippen LogP contribution in [0.25, 0.3) is 0 Å². The number of anilines is 1. The van der Waals surface area contributed by atoms with Crippen LogP contribution in [0, 0.1) is 12.8 Å². The van der Waals surface area contributed by atoms with E-state index < -0.39 is 10.0 Å². The van der Waals surface area contributed by atoms with Gasteiger partial charge in [0, 0.05) is 57.2 Å². The van der Waals surface area contributed by atoms with Crippen molar-refractivity contribution in [3.05, 3.63) is 41.3 Å². The number of aromatic nitrogens is 2. The fraction of sp³-hybridized carbons (Fsp3) is 0.565. The normalized spacial score (nSPS) is 20.4. The van der Waals surface area contributed by atoms with Crippen molar-refractivity contribution in [2.75, 3.05) is 31.1 Å². The molecule has 0 radical (unpaired) electrons. The van der Waals surface area contributed by atoms with E-state index in [0.29, 0.717) is 49.9 Å². The predicted molar refractivity (Wildman–Crippen MR) is 126 cm³/mol. The van der Waals surface area contributed by atoms with Crippen LogP contribution in [0.1, 0.15) is 47.9 Å². The number of carbonyl (C=O) groups is 1. The molecule has 1 amide bonds. The Hall–Kier alpha value is -2.43. The lowest BCUT2D eigenvalue weighted by Gasteiger charge is -2.29. The van der Waals surface area contributed by atoms with Gasteiger partial charge >= 0.3 is 0 Å². The number of aliphatic hydroxyl groups is 1. The molecule has 0 spiro atoms. The molecule has 2 aliphatic rings. The minimum Gasteiger partial charge on any atom is -0.391 e. The molecule has 2 aliphatic heterocycles. The molecule has 2 fully saturated rings. The first-order valence-electron chi connectivity index (χ1n) is 11.5. The predicted octanol–water partition coefficient (Wildman–Crippen LogP) is 1.65. The molecule has 4 heterocycles. The maximum atomic E-state index is 13.2. The van der Waals surface area contributed by atoms with Gasteiger partial charge in [0.25, 0.3) is 5.91 Å². The number of hydrogen-bond donors (Lipinski definition) is 2. The van der Waals surface area contributed by atoms with Gasteiger partial charge in [0.1, 0.15) is 16.4 Å². The lowest BCUT2D eigenvalue weighted by molar-refractivity contribution is 0.0942. The second kappa shape index (κ2) is 9.44. The van der Waals surface area contributed by atoms with E-state index in [4.69, 9.17) is 0 Å². The maximum absolute atomic E-state index is 13.2. The fourth-order valence-electron chi connectivity index (χ4n) is 4.57. The first-order valence-corrected chi connectivity index (χ1v) is 12.9. The van der Waals surface area contributed by atoms with Crippen molar-refractivity contribution in [1.29, 1.82) is 0 Å². The summed E-state index contributed by atoms with van der Waals surface area (Å²) in [7, 11) is -1.94. The highest BCUT2D eigenvalue weighted by Gasteiger charge is 2.32. The molecule has 180 valence electrons. The SMILES string of the molecule is Cc1c(S(=O)(=O)N2CCC(C)CC2)cc(C(=O)NCc2cccnc2N2CCC(O)C2)n1C. The molecule has 2 aromatic heterocycles. The number of rotatable bonds is 6. The molecule has 33 heavy (non-hydrogen) atoms. The zero-order valence-electron chi connectivity index (χ0n) is 19.5. The number of hydrogen-bond acceptors (Lipinski definition) is 6. The smallest absolute Gasteiger partial charge is 0.268 e. The quantitative estimate of drug-likeness (QED) is 0.658. The molecule has 0 aliphatic carbocycles. The average molecular weight is 476 g/mol. The van der Waals surface area contributed by atoms with Crippen LogP contribution in [-0.2, 0) is 23.6 Å². The van der Waals surface area contributed by atoms with Crippen molar-refractivity contribution in [3.8, 4) is 0 Å². The van der Waals surface area contributed by atoms with Gasteiger partial charge in [-0.15, -0.1) is 0 Å². The third-order valence-corrected chi connectivity index (χ3v) is 8.87. The van der Waals surface area contributed by atoms with Gasteiger partial charge in [-0.25, -0.2) is 13.4 Å². The summed E-state index contributed by atoms with van der Waals surface area (Å²) in [5.41, 5.74) is 1.70. The van der Waals surface area contributed by atoms with Gasteiger partial charge in [0.2, 0.25) is 10.0 Å². The number of carbonyl (C=O) groups excluding carboxylic acids is 1. The Morgan fingerprint density at radius 1 is 1.24 bits per heavy atom. The van der Waals surface area contributed by atoms with E-state index in [1.807, 2.05) is 17.0 Å². The molecule has 1 atom stereocenters. The second-order valence-corrected chi connectivity index (χ2v) is 11.1. The van der Waals surface area contributed by atoms with E-state index in [9.17, 15) is 18.3 Å². The van der Waals surface area contributed by atoms with Gasteiger partial charge in [0.15, 0.2) is 0 Å². The van der Waals surface area contributed by atoms with Crippen LogP contribution in [0.2, 0.25) is 0 Å². The molecule has 2 aromatic rings. The number of nitrogens with zero attached hydrogens (tertiary/aromatic N) is 4. The molecule has 0 saturated carbocycles. The number of piperidine rings is 1. The average Bonchev–Trinajstić information content (AvgIpc) is 3.36. The summed E-state index contributed by atoms with van der Waals surface area (Å²) in [4.78, 5) is 19.7. The molecule has 0 bridgehead atoms. The molecular formula is C23H33N5O4S. The molecule has 2 saturated heterocycles. The summed E-state index contributed by atoms with van der Waals surface area (Å²) in [5, 5.41) is 12.8. The van der Waals surface area contributed by atoms with Crippen LogP contribution in [-0.4, -0.2) is 65.6 Å². The van der Waals surface area contributed by atoms with E-state index in [0.717, 1.165) is 24.2 Å². The van der Waals surface area contributed by atoms with Crippen molar-refractivity contribution in [3.63, 3.8) is 0 Å². The van der Waals surface area contributed by atoms with E-state index in [1.165, 1.54) is 10.4 Å². The fourth-order valence-corrected chi connectivity index (χ4v) is 6.31. The van der Waals surface area contributed by atoms with Crippen molar-refractivity contribution >= 4 is 21.7 Å². The summed E-state index contributed by atoms with van der Waals surface area (Å²) in [6.07, 6.45) is 3.71. The van der Waals surface area contributed by atoms with Crippen molar-refractivity contribution in [2.45, 2.75) is 50.7 Å². The maximum Gasteiger partial charge on any atom is 0.268 e. The zero-order valence-corrected chi connectivity index (χ0v) is 20.3. The highest BCUT2D eigenvalue weighted by molar-refractivity contribution is 7.89. The van der Waals surface area contributed by atoms with E-state index >= 15 is 0 Å². The van der Waals surface area contributed by atoms with Crippen molar-refractivity contribution in [2.24, 2.45) is 13.0 Å². The Kier molecular flexibility index (Phi) is 6.78. The van der Waals surface area contributed by atoms with Crippen LogP contribution < -0.4 is 10.2 Å². The van der Waals surface area contributed by atoms with E-state index in [2.05, 4.69) is 17.2 Å². The molecular weight excluding hydrogens is 442 g/mol. The number of amides is 1. The Bertz CT molecular complexity index is 1120. The Morgan fingerprint density at radius 3 is 2.64 bits per heavy atom. The third kappa shape index (κ3) is 4.78. The monoisotopic (exact) mass is 475 g/mol. The van der Waals surface area contributed by atoms with Gasteiger partial charge < -0.3 is 19.9 Å². The Balaban J connectivity index is 1.50. The van der Waals surface area contributed by atoms with Gasteiger partial charge in [-0.2, -0.15) is 4.31 Å². The third-order valence-electron chi connectivity index (χ3n) is 6.85. The summed E-state index contributed by atoms with van der Waals surface area (Å²) in [6.45, 7) is 6.37. The minimum absolute atomic E-state index is 0.192. The first-order chi connectivity index (χ1) is 15.7. The van der Waals surface area contributed by atoms with Crippen LogP contribution in [0.15, 0.2) is 29.3 Å². The number of β-amino-alcohol motifs (C(OH)–C–C–N with tert-alkyl or cyclic N) is 1. The minimum atomic E-state index is -3.65. The molecule has 0 aromatic carbocycles. The van der Waals surface area contributed by atoms with Crippen LogP contribution in [0.3, 0.4) is 0 Å². The van der Waals surface area contributed by atoms with Gasteiger partial charge in [-0.1, -0.05) is 13.0 Å². The number of pyridine rings is 1. The molecule has 4 rings (SSSR count). The lowest BCUT2D eigenvalue weighted by atomic mass is 10.0. The second-order valence-electron chi connectivity index (χ2n) is 9.18. The van der Waals surface area contributed by atoms with Crippen LogP contribution in [0.5, 0.6) is 0 Å². The van der Waals surface area contributed by atoms with E-state index in [1.54, 1.807) is 24.7 Å². The first kappa shape index (κ1) is 23.7. The summed E-state index contributed by atoms with van der Waals surface area (Å²) in [6, 6.07) is 5.20. The summed E-state index contributed by atoms with van der Waals surface area (Å²) >= 11 is 0. The molecule has 9 nitrogen and oxygen atoms in total. The Labute approximate surface area is 195 Å². The molecule has 2 N–H and O–H groups in total. The van der Waals surface area contributed by atoms with Crippen LogP contribution >= 0.6 is 0 Å². The highest BCUT2D eigenvalue weighted by atomic mass is 32.2. The standard InChI is InChI=1S/C23H33N5O4S/c1-16-6-11-28(12-7-16)33(31,32)21-13-20(26(3)17(21)2)23(30)25-14-18-5-4-9-24-22(18)27-10-8-19(29)15-27/h4-5,9,13,16,19,29H,6-8,10-12,14-15H2,1-3H3,(H,25,30). The number of nitrogens with one attached hydrogen (secondary N) is 1. The molecule has 10 heteroatoms.